The molecule has 0 bridgehead atoms. The van der Waals surface area contributed by atoms with E-state index in [1.54, 1.807) is 19.1 Å². The van der Waals surface area contributed by atoms with Gasteiger partial charge >= 0.3 is 0 Å². The molecular weight excluding hydrogens is 248 g/mol. The lowest BCUT2D eigenvalue weighted by atomic mass is 10.1. The van der Waals surface area contributed by atoms with Crippen LogP contribution in [0.4, 0.5) is 0 Å². The normalized spacial score (nSPS) is 18.3. The second-order valence-corrected chi connectivity index (χ2v) is 3.99. The number of phenols is 1. The van der Waals surface area contributed by atoms with Crippen LogP contribution in [0.1, 0.15) is 12.5 Å². The van der Waals surface area contributed by atoms with Crippen LogP contribution in [0.25, 0.3) is 0 Å². The number of hydrogen-bond donors (Lipinski definition) is 3. The van der Waals surface area contributed by atoms with Gasteiger partial charge in [0.25, 0.3) is 5.91 Å². The van der Waals surface area contributed by atoms with Gasteiger partial charge < -0.3 is 5.11 Å². The fourth-order valence-electron chi connectivity index (χ4n) is 1.51. The van der Waals surface area contributed by atoms with E-state index in [1.807, 2.05) is 0 Å². The van der Waals surface area contributed by atoms with Crippen LogP contribution in [0, 0.1) is 5.92 Å². The molecular formula is C12H12N4O3. The van der Waals surface area contributed by atoms with Crippen molar-refractivity contribution in [2.75, 3.05) is 0 Å². The zero-order valence-electron chi connectivity index (χ0n) is 10.1. The van der Waals surface area contributed by atoms with Crippen molar-refractivity contribution in [2.45, 2.75) is 6.92 Å². The number of hydrazone groups is 2. The molecule has 1 aromatic carbocycles. The molecule has 7 heteroatoms. The maximum atomic E-state index is 11.7. The molecule has 1 atom stereocenters. The van der Waals surface area contributed by atoms with Gasteiger partial charge in [-0.2, -0.15) is 10.2 Å². The van der Waals surface area contributed by atoms with Crippen molar-refractivity contribution < 1.29 is 14.7 Å². The number of carbonyl (C=O) groups excluding carboxylic acids is 2. The van der Waals surface area contributed by atoms with Gasteiger partial charge in [0.2, 0.25) is 5.91 Å². The molecule has 98 valence electrons. The molecule has 0 unspecified atom stereocenters. The SMILES string of the molecule is C[C@@H]1C(=O)NN=C1C(=O)N/N=C/c1cccc(O)c1. The summed E-state index contributed by atoms with van der Waals surface area (Å²) in [6, 6.07) is 6.40. The number of hydrogen-bond acceptors (Lipinski definition) is 5. The van der Waals surface area contributed by atoms with E-state index in [0.29, 0.717) is 5.56 Å². The minimum absolute atomic E-state index is 0.0954. The molecule has 7 nitrogen and oxygen atoms in total. The van der Waals surface area contributed by atoms with Crippen LogP contribution in [0.15, 0.2) is 34.5 Å². The Labute approximate surface area is 109 Å². The van der Waals surface area contributed by atoms with Crippen LogP contribution in [-0.2, 0) is 9.59 Å². The summed E-state index contributed by atoms with van der Waals surface area (Å²) < 4.78 is 0. The van der Waals surface area contributed by atoms with E-state index >= 15 is 0 Å². The highest BCUT2D eigenvalue weighted by Crippen LogP contribution is 2.09. The maximum absolute atomic E-state index is 11.7. The minimum Gasteiger partial charge on any atom is -0.508 e. The predicted octanol–water partition coefficient (Wildman–Crippen LogP) is -0.0358. The van der Waals surface area contributed by atoms with E-state index in [0.717, 1.165) is 0 Å². The van der Waals surface area contributed by atoms with E-state index in [4.69, 9.17) is 0 Å². The van der Waals surface area contributed by atoms with Crippen molar-refractivity contribution in [2.24, 2.45) is 16.1 Å². The van der Waals surface area contributed by atoms with Crippen LogP contribution in [0.2, 0.25) is 0 Å². The zero-order valence-corrected chi connectivity index (χ0v) is 10.1. The smallest absolute Gasteiger partial charge is 0.288 e. The fourth-order valence-corrected chi connectivity index (χ4v) is 1.51. The number of nitrogens with zero attached hydrogens (tertiary/aromatic N) is 2. The molecule has 3 N–H and O–H groups in total. The molecule has 2 amide bonds. The summed E-state index contributed by atoms with van der Waals surface area (Å²) in [7, 11) is 0. The molecule has 0 radical (unpaired) electrons. The van der Waals surface area contributed by atoms with Gasteiger partial charge in [0.1, 0.15) is 11.5 Å². The Bertz CT molecular complexity index is 580. The van der Waals surface area contributed by atoms with Gasteiger partial charge in [-0.1, -0.05) is 12.1 Å². The Kier molecular flexibility index (Phi) is 3.56. The molecule has 1 aliphatic rings. The molecule has 1 heterocycles. The van der Waals surface area contributed by atoms with Gasteiger partial charge in [0.05, 0.1) is 12.1 Å². The highest BCUT2D eigenvalue weighted by Gasteiger charge is 2.30. The van der Waals surface area contributed by atoms with Crippen molar-refractivity contribution in [1.82, 2.24) is 10.9 Å². The van der Waals surface area contributed by atoms with Gasteiger partial charge in [-0.3, -0.25) is 9.59 Å². The summed E-state index contributed by atoms with van der Waals surface area (Å²) in [5, 5.41) is 16.6. The summed E-state index contributed by atoms with van der Waals surface area (Å²) in [5.74, 6) is -1.33. The topological polar surface area (TPSA) is 103 Å². The first kappa shape index (κ1) is 12.7. The minimum atomic E-state index is -0.587. The Balaban J connectivity index is 1.96. The highest BCUT2D eigenvalue weighted by atomic mass is 16.3. The number of benzene rings is 1. The Morgan fingerprint density at radius 2 is 2.37 bits per heavy atom. The van der Waals surface area contributed by atoms with Crippen LogP contribution >= 0.6 is 0 Å². The molecule has 0 fully saturated rings. The summed E-state index contributed by atoms with van der Waals surface area (Å²) in [6.07, 6.45) is 1.38. The summed E-state index contributed by atoms with van der Waals surface area (Å²) in [5.41, 5.74) is 5.22. The lowest BCUT2D eigenvalue weighted by Crippen LogP contribution is -2.32. The molecule has 0 saturated heterocycles. The van der Waals surface area contributed by atoms with Gasteiger partial charge in [-0.15, -0.1) is 0 Å². The number of amides is 2. The van der Waals surface area contributed by atoms with Crippen molar-refractivity contribution in [3.05, 3.63) is 29.8 Å². The lowest BCUT2D eigenvalue weighted by Gasteiger charge is -2.01. The molecule has 0 saturated carbocycles. The molecule has 2 rings (SSSR count). The first-order valence-corrected chi connectivity index (χ1v) is 5.58. The monoisotopic (exact) mass is 260 g/mol. The number of aromatic hydroxyl groups is 1. The van der Waals surface area contributed by atoms with Gasteiger partial charge in [-0.25, -0.2) is 10.9 Å². The Hall–Kier alpha value is -2.70. The molecule has 1 aromatic rings. The lowest BCUT2D eigenvalue weighted by molar-refractivity contribution is -0.122. The van der Waals surface area contributed by atoms with Gasteiger partial charge in [-0.05, 0) is 24.6 Å². The van der Waals surface area contributed by atoms with Crippen molar-refractivity contribution in [3.63, 3.8) is 0 Å². The molecule has 0 aliphatic carbocycles. The third kappa shape index (κ3) is 2.95. The second kappa shape index (κ2) is 5.30. The van der Waals surface area contributed by atoms with Gasteiger partial charge in [0, 0.05) is 0 Å². The molecule has 0 spiro atoms. The Morgan fingerprint density at radius 3 is 3.00 bits per heavy atom. The van der Waals surface area contributed by atoms with Gasteiger partial charge in [0.15, 0.2) is 0 Å². The van der Waals surface area contributed by atoms with Crippen LogP contribution in [-0.4, -0.2) is 28.8 Å². The summed E-state index contributed by atoms with van der Waals surface area (Å²) in [6.45, 7) is 1.58. The van der Waals surface area contributed by atoms with E-state index in [-0.39, 0.29) is 17.4 Å². The number of phenolic OH excluding ortho intramolecular Hbond substituents is 1. The number of carbonyl (C=O) groups is 2. The van der Waals surface area contributed by atoms with Crippen LogP contribution in [0.5, 0.6) is 5.75 Å². The molecule has 1 aliphatic heterocycles. The predicted molar refractivity (Wildman–Crippen MR) is 68.6 cm³/mol. The molecule has 19 heavy (non-hydrogen) atoms. The quantitative estimate of drug-likeness (QED) is 0.525. The number of rotatable bonds is 3. The second-order valence-electron chi connectivity index (χ2n) is 3.99. The average molecular weight is 260 g/mol. The zero-order chi connectivity index (χ0) is 13.8. The third-order valence-corrected chi connectivity index (χ3v) is 2.57. The summed E-state index contributed by atoms with van der Waals surface area (Å²) in [4.78, 5) is 22.8. The maximum Gasteiger partial charge on any atom is 0.288 e. The summed E-state index contributed by atoms with van der Waals surface area (Å²) >= 11 is 0. The van der Waals surface area contributed by atoms with E-state index in [2.05, 4.69) is 21.1 Å². The van der Waals surface area contributed by atoms with E-state index in [1.165, 1.54) is 18.3 Å². The first-order valence-electron chi connectivity index (χ1n) is 5.58. The standard InChI is InChI=1S/C12H12N4O3/c1-7-10(14-16-11(7)18)12(19)15-13-6-8-3-2-4-9(17)5-8/h2-7,17H,1H3,(H,15,19)(H,16,18)/b13-6+/t7-/m0/s1. The molecule has 0 aromatic heterocycles. The van der Waals surface area contributed by atoms with Crippen LogP contribution in [0.3, 0.4) is 0 Å². The highest BCUT2D eigenvalue weighted by molar-refractivity contribution is 6.44. The van der Waals surface area contributed by atoms with E-state index in [9.17, 15) is 14.7 Å². The van der Waals surface area contributed by atoms with Crippen LogP contribution < -0.4 is 10.9 Å². The van der Waals surface area contributed by atoms with E-state index < -0.39 is 11.8 Å². The third-order valence-electron chi connectivity index (χ3n) is 2.57. The average Bonchev–Trinajstić information content (AvgIpc) is 2.70. The number of nitrogens with one attached hydrogen (secondary N) is 2. The first-order chi connectivity index (χ1) is 9.08. The Morgan fingerprint density at radius 1 is 1.58 bits per heavy atom. The fraction of sp³-hybridized carbons (Fsp3) is 0.167. The van der Waals surface area contributed by atoms with Crippen molar-refractivity contribution in [1.29, 1.82) is 0 Å². The van der Waals surface area contributed by atoms with Crippen molar-refractivity contribution >= 4 is 23.7 Å². The largest absolute Gasteiger partial charge is 0.508 e. The van der Waals surface area contributed by atoms with Crippen molar-refractivity contribution in [3.8, 4) is 5.75 Å².